The van der Waals surface area contributed by atoms with E-state index < -0.39 is 0 Å². The number of fused-ring (bicyclic) bond motifs is 2. The Balaban J connectivity index is 1.40. The molecule has 6 rings (SSSR count). The molecule has 5 nitrogen and oxygen atoms in total. The Morgan fingerprint density at radius 3 is 2.76 bits per heavy atom. The van der Waals surface area contributed by atoms with E-state index in [1.807, 2.05) is 53.1 Å². The summed E-state index contributed by atoms with van der Waals surface area (Å²) in [5.41, 5.74) is 2.93. The molecule has 0 aliphatic carbocycles. The lowest BCUT2D eigenvalue weighted by Crippen LogP contribution is -2.23. The Kier molecular flexibility index (Phi) is 7.05. The first-order valence-electron chi connectivity index (χ1n) is 11.6. The standard InChI is InChI=1S/C27H20ClN3O2S4/c28-19-8-9-22-21(13-19)18(15-35-22)16-36-26-29-24-23(25(32)31(26)14-20-7-4-12-33-20)37-27(34)30(24)11-10-17-5-2-1-3-6-17/h1-9,12-13,15H,10-11,14,16H2. The maximum atomic E-state index is 13.7. The van der Waals surface area contributed by atoms with E-state index in [4.69, 9.17) is 33.2 Å². The zero-order chi connectivity index (χ0) is 25.4. The molecule has 4 aromatic heterocycles. The van der Waals surface area contributed by atoms with Gasteiger partial charge in [0.2, 0.25) is 0 Å². The number of rotatable bonds is 8. The van der Waals surface area contributed by atoms with Crippen LogP contribution in [0, 0.1) is 3.95 Å². The van der Waals surface area contributed by atoms with Crippen molar-refractivity contribution in [3.05, 3.63) is 109 Å². The quantitative estimate of drug-likeness (QED) is 0.103. The van der Waals surface area contributed by atoms with Gasteiger partial charge in [0.1, 0.15) is 10.5 Å². The highest BCUT2D eigenvalue weighted by Gasteiger charge is 2.19. The average molecular weight is 582 g/mol. The van der Waals surface area contributed by atoms with E-state index in [1.54, 1.807) is 22.2 Å². The number of thiophene rings is 1. The van der Waals surface area contributed by atoms with Crippen LogP contribution in [-0.2, 0) is 25.3 Å². The lowest BCUT2D eigenvalue weighted by molar-refractivity contribution is 0.476. The van der Waals surface area contributed by atoms with Gasteiger partial charge < -0.3 is 8.98 Å². The molecule has 0 atom stereocenters. The van der Waals surface area contributed by atoms with Crippen LogP contribution in [0.3, 0.4) is 0 Å². The largest absolute Gasteiger partial charge is 0.467 e. The lowest BCUT2D eigenvalue weighted by Gasteiger charge is -2.12. The molecule has 2 aromatic carbocycles. The molecule has 186 valence electrons. The van der Waals surface area contributed by atoms with Gasteiger partial charge in [-0.05, 0) is 70.9 Å². The fraction of sp³-hybridized carbons (Fsp3) is 0.148. The summed E-state index contributed by atoms with van der Waals surface area (Å²) >= 11 is 16.5. The maximum Gasteiger partial charge on any atom is 0.274 e. The molecule has 0 bridgehead atoms. The Bertz CT molecular complexity index is 1820. The number of hydrogen-bond donors (Lipinski definition) is 0. The summed E-state index contributed by atoms with van der Waals surface area (Å²) < 4.78 is 11.7. The second-order valence-electron chi connectivity index (χ2n) is 8.46. The fourth-order valence-corrected chi connectivity index (χ4v) is 7.74. The number of nitrogens with zero attached hydrogens (tertiary/aromatic N) is 3. The summed E-state index contributed by atoms with van der Waals surface area (Å²) in [4.78, 5) is 18.8. The summed E-state index contributed by atoms with van der Waals surface area (Å²) in [5.74, 6) is 1.36. The van der Waals surface area contributed by atoms with Gasteiger partial charge in [-0.15, -0.1) is 11.3 Å². The highest BCUT2D eigenvalue weighted by molar-refractivity contribution is 7.98. The first-order valence-corrected chi connectivity index (χ1v) is 15.0. The third-order valence-corrected chi connectivity index (χ3v) is 9.77. The number of hydrogen-bond acceptors (Lipinski definition) is 7. The van der Waals surface area contributed by atoms with E-state index in [0.29, 0.717) is 49.1 Å². The summed E-state index contributed by atoms with van der Waals surface area (Å²) in [5, 5.41) is 4.62. The Morgan fingerprint density at radius 2 is 1.95 bits per heavy atom. The zero-order valence-electron chi connectivity index (χ0n) is 19.4. The van der Waals surface area contributed by atoms with Gasteiger partial charge in [-0.1, -0.05) is 65.0 Å². The van der Waals surface area contributed by atoms with Gasteiger partial charge >= 0.3 is 0 Å². The van der Waals surface area contributed by atoms with E-state index in [9.17, 15) is 4.79 Å². The highest BCUT2D eigenvalue weighted by Crippen LogP contribution is 2.33. The minimum atomic E-state index is -0.100. The van der Waals surface area contributed by atoms with E-state index in [1.165, 1.54) is 33.4 Å². The van der Waals surface area contributed by atoms with Gasteiger partial charge in [0.05, 0.1) is 12.8 Å². The van der Waals surface area contributed by atoms with Gasteiger partial charge in [-0.25, -0.2) is 4.98 Å². The van der Waals surface area contributed by atoms with Crippen molar-refractivity contribution in [3.63, 3.8) is 0 Å². The van der Waals surface area contributed by atoms with E-state index in [-0.39, 0.29) is 5.56 Å². The normalized spacial score (nSPS) is 11.6. The van der Waals surface area contributed by atoms with Crippen LogP contribution >= 0.6 is 58.3 Å². The average Bonchev–Trinajstić information content (AvgIpc) is 3.63. The third kappa shape index (κ3) is 5.06. The molecule has 0 unspecified atom stereocenters. The molecule has 0 saturated carbocycles. The van der Waals surface area contributed by atoms with E-state index in [2.05, 4.69) is 17.5 Å². The van der Waals surface area contributed by atoms with Crippen LogP contribution in [0.4, 0.5) is 0 Å². The van der Waals surface area contributed by atoms with E-state index >= 15 is 0 Å². The molecular weight excluding hydrogens is 562 g/mol. The van der Waals surface area contributed by atoms with Crippen molar-refractivity contribution in [1.29, 1.82) is 0 Å². The number of furan rings is 1. The van der Waals surface area contributed by atoms with Crippen LogP contribution in [-0.4, -0.2) is 14.1 Å². The summed E-state index contributed by atoms with van der Waals surface area (Å²) in [6, 6.07) is 19.9. The fourth-order valence-electron chi connectivity index (χ4n) is 4.21. The Hall–Kier alpha value is -2.69. The molecule has 6 aromatic rings. The number of benzene rings is 2. The van der Waals surface area contributed by atoms with Crippen LogP contribution in [0.1, 0.15) is 16.9 Å². The van der Waals surface area contributed by atoms with Crippen molar-refractivity contribution in [1.82, 2.24) is 14.1 Å². The molecule has 0 aliphatic heterocycles. The molecule has 0 aliphatic rings. The van der Waals surface area contributed by atoms with Crippen molar-refractivity contribution >= 4 is 78.7 Å². The molecule has 0 radical (unpaired) electrons. The van der Waals surface area contributed by atoms with Crippen molar-refractivity contribution in [2.75, 3.05) is 0 Å². The molecule has 0 fully saturated rings. The van der Waals surface area contributed by atoms with Crippen LogP contribution in [0.5, 0.6) is 0 Å². The SMILES string of the molecule is O=c1c2sc(=S)n(CCc3ccccc3)c2nc(SCc2csc3ccc(Cl)cc23)n1Cc1ccco1. The lowest BCUT2D eigenvalue weighted by atomic mass is 10.1. The first kappa shape index (κ1) is 24.6. The second-order valence-corrected chi connectivity index (χ2v) is 12.4. The second kappa shape index (κ2) is 10.6. The smallest absolute Gasteiger partial charge is 0.274 e. The van der Waals surface area contributed by atoms with Crippen molar-refractivity contribution < 1.29 is 4.42 Å². The van der Waals surface area contributed by atoms with Crippen molar-refractivity contribution in [2.45, 2.75) is 30.4 Å². The van der Waals surface area contributed by atoms with Crippen molar-refractivity contribution in [3.8, 4) is 0 Å². The number of thiazole rings is 1. The van der Waals surface area contributed by atoms with Gasteiger partial charge in [0.25, 0.3) is 5.56 Å². The first-order chi connectivity index (χ1) is 18.1. The molecule has 0 spiro atoms. The summed E-state index contributed by atoms with van der Waals surface area (Å²) in [6.07, 6.45) is 2.42. The van der Waals surface area contributed by atoms with Crippen LogP contribution < -0.4 is 5.56 Å². The monoisotopic (exact) mass is 581 g/mol. The van der Waals surface area contributed by atoms with E-state index in [0.717, 1.165) is 17.4 Å². The molecule has 10 heteroatoms. The molecule has 0 N–H and O–H groups in total. The summed E-state index contributed by atoms with van der Waals surface area (Å²) in [7, 11) is 0. The number of thioether (sulfide) groups is 1. The number of aromatic nitrogens is 3. The van der Waals surface area contributed by atoms with Gasteiger partial charge in [-0.3, -0.25) is 9.36 Å². The third-order valence-electron chi connectivity index (χ3n) is 6.07. The predicted molar refractivity (Wildman–Crippen MR) is 157 cm³/mol. The number of aryl methyl sites for hydroxylation is 2. The van der Waals surface area contributed by atoms with Crippen LogP contribution in [0.2, 0.25) is 5.02 Å². The zero-order valence-corrected chi connectivity index (χ0v) is 23.4. The number of halogens is 1. The van der Waals surface area contributed by atoms with Crippen molar-refractivity contribution in [2.24, 2.45) is 0 Å². The highest BCUT2D eigenvalue weighted by atomic mass is 35.5. The van der Waals surface area contributed by atoms with Crippen LogP contribution in [0.15, 0.2) is 86.7 Å². The van der Waals surface area contributed by atoms with Gasteiger partial charge in [-0.2, -0.15) is 0 Å². The summed E-state index contributed by atoms with van der Waals surface area (Å²) in [6.45, 7) is 0.969. The molecular formula is C27H20ClN3O2S4. The Labute approximate surface area is 235 Å². The maximum absolute atomic E-state index is 13.7. The minimum absolute atomic E-state index is 0.100. The topological polar surface area (TPSA) is 53.0 Å². The van der Waals surface area contributed by atoms with Gasteiger partial charge in [0.15, 0.2) is 14.8 Å². The predicted octanol–water partition coefficient (Wildman–Crippen LogP) is 8.03. The minimum Gasteiger partial charge on any atom is -0.467 e. The van der Waals surface area contributed by atoms with Gasteiger partial charge in [0, 0.05) is 22.0 Å². The van der Waals surface area contributed by atoms with Crippen LogP contribution in [0.25, 0.3) is 20.4 Å². The molecule has 0 amide bonds. The molecule has 0 saturated heterocycles. The Morgan fingerprint density at radius 1 is 1.08 bits per heavy atom. The molecule has 37 heavy (non-hydrogen) atoms. The molecule has 4 heterocycles.